The van der Waals surface area contributed by atoms with Crippen LogP contribution in [0.15, 0.2) is 28.1 Å². The zero-order chi connectivity index (χ0) is 14.8. The second-order valence-corrected chi connectivity index (χ2v) is 5.54. The molecule has 0 aliphatic heterocycles. The van der Waals surface area contributed by atoms with Gasteiger partial charge in [-0.2, -0.15) is 4.98 Å². The van der Waals surface area contributed by atoms with Crippen LogP contribution >= 0.6 is 22.9 Å². The average molecular weight is 323 g/mol. The summed E-state index contributed by atoms with van der Waals surface area (Å²) >= 11 is 7.31. The summed E-state index contributed by atoms with van der Waals surface area (Å²) in [5.74, 6) is 1.50. The van der Waals surface area contributed by atoms with E-state index < -0.39 is 0 Å². The van der Waals surface area contributed by atoms with Crippen LogP contribution in [0.1, 0.15) is 11.6 Å². The largest absolute Gasteiger partial charge is 0.496 e. The van der Waals surface area contributed by atoms with Crippen molar-refractivity contribution >= 4 is 28.1 Å². The van der Waals surface area contributed by atoms with Gasteiger partial charge in [0, 0.05) is 10.4 Å². The molecule has 0 aliphatic rings. The summed E-state index contributed by atoms with van der Waals surface area (Å²) in [6.07, 6.45) is 0.441. The van der Waals surface area contributed by atoms with Crippen LogP contribution in [0.25, 0.3) is 11.4 Å². The van der Waals surface area contributed by atoms with Crippen molar-refractivity contribution in [2.45, 2.75) is 6.42 Å². The monoisotopic (exact) mass is 322 g/mol. The lowest BCUT2D eigenvalue weighted by atomic mass is 10.2. The van der Waals surface area contributed by atoms with Gasteiger partial charge in [-0.05, 0) is 18.2 Å². The second kappa shape index (κ2) is 5.71. The normalized spacial score (nSPS) is 10.8. The van der Waals surface area contributed by atoms with Crippen molar-refractivity contribution in [1.82, 2.24) is 15.1 Å². The summed E-state index contributed by atoms with van der Waals surface area (Å²) in [6, 6.07) is 5.24. The maximum Gasteiger partial charge on any atom is 0.233 e. The number of benzene rings is 1. The number of hydrogen-bond acceptors (Lipinski definition) is 7. The number of rotatable bonds is 4. The topological polar surface area (TPSA) is 87.1 Å². The molecule has 2 N–H and O–H groups in total. The number of aromatic nitrogens is 3. The Hall–Kier alpha value is -2.12. The third-order valence-corrected chi connectivity index (χ3v) is 3.73. The fraction of sp³-hybridized carbons (Fsp3) is 0.154. The molecular formula is C13H11ClN4O2S. The number of halogens is 1. The molecular weight excluding hydrogens is 312 g/mol. The van der Waals surface area contributed by atoms with Gasteiger partial charge < -0.3 is 15.0 Å². The van der Waals surface area contributed by atoms with E-state index in [0.717, 1.165) is 11.3 Å². The zero-order valence-electron chi connectivity index (χ0n) is 11.0. The van der Waals surface area contributed by atoms with E-state index in [1.807, 2.05) is 5.38 Å². The van der Waals surface area contributed by atoms with Crippen molar-refractivity contribution in [3.8, 4) is 17.1 Å². The van der Waals surface area contributed by atoms with Crippen LogP contribution in [0.2, 0.25) is 5.02 Å². The van der Waals surface area contributed by atoms with Gasteiger partial charge in [0.2, 0.25) is 11.7 Å². The van der Waals surface area contributed by atoms with Gasteiger partial charge >= 0.3 is 0 Å². The van der Waals surface area contributed by atoms with Crippen LogP contribution in [0, 0.1) is 0 Å². The van der Waals surface area contributed by atoms with Gasteiger partial charge in [0.05, 0.1) is 24.8 Å². The summed E-state index contributed by atoms with van der Waals surface area (Å²) in [7, 11) is 1.56. The fourth-order valence-corrected chi connectivity index (χ4v) is 2.57. The molecule has 6 nitrogen and oxygen atoms in total. The highest BCUT2D eigenvalue weighted by atomic mass is 35.5. The van der Waals surface area contributed by atoms with Crippen molar-refractivity contribution in [3.63, 3.8) is 0 Å². The first-order valence-electron chi connectivity index (χ1n) is 6.02. The molecule has 3 rings (SSSR count). The van der Waals surface area contributed by atoms with E-state index in [1.165, 1.54) is 11.3 Å². The Balaban J connectivity index is 1.88. The van der Waals surface area contributed by atoms with E-state index in [4.69, 9.17) is 26.6 Å². The van der Waals surface area contributed by atoms with E-state index in [9.17, 15) is 0 Å². The van der Waals surface area contributed by atoms with Gasteiger partial charge in [0.25, 0.3) is 0 Å². The lowest BCUT2D eigenvalue weighted by Crippen LogP contribution is -1.91. The van der Waals surface area contributed by atoms with Gasteiger partial charge in [0.1, 0.15) is 5.75 Å². The third-order valence-electron chi connectivity index (χ3n) is 2.77. The van der Waals surface area contributed by atoms with E-state index in [1.54, 1.807) is 25.3 Å². The number of nitrogens with zero attached hydrogens (tertiary/aromatic N) is 3. The summed E-state index contributed by atoms with van der Waals surface area (Å²) in [5.41, 5.74) is 7.11. The molecule has 0 spiro atoms. The second-order valence-electron chi connectivity index (χ2n) is 4.21. The van der Waals surface area contributed by atoms with E-state index in [0.29, 0.717) is 34.0 Å². The predicted octanol–water partition coefficient (Wildman–Crippen LogP) is 3.03. The van der Waals surface area contributed by atoms with Gasteiger partial charge in [-0.1, -0.05) is 16.8 Å². The van der Waals surface area contributed by atoms with Crippen molar-refractivity contribution in [3.05, 3.63) is 40.2 Å². The number of nitrogens with two attached hydrogens (primary N) is 1. The maximum absolute atomic E-state index is 5.93. The molecule has 3 aromatic rings. The summed E-state index contributed by atoms with van der Waals surface area (Å²) < 4.78 is 10.5. The van der Waals surface area contributed by atoms with Gasteiger partial charge in [-0.25, -0.2) is 4.98 Å². The number of methoxy groups -OCH3 is 1. The third kappa shape index (κ3) is 2.98. The van der Waals surface area contributed by atoms with Crippen molar-refractivity contribution in [1.29, 1.82) is 0 Å². The molecule has 0 amide bonds. The molecule has 0 atom stereocenters. The van der Waals surface area contributed by atoms with Crippen LogP contribution in [0.4, 0.5) is 5.13 Å². The SMILES string of the molecule is COc1cc(Cl)ccc1-c1noc(Cc2csc(N)n2)n1. The van der Waals surface area contributed by atoms with Crippen LogP contribution in [-0.4, -0.2) is 22.2 Å². The van der Waals surface area contributed by atoms with Crippen molar-refractivity contribution in [2.24, 2.45) is 0 Å². The molecule has 2 heterocycles. The Kier molecular flexibility index (Phi) is 3.76. The molecule has 0 bridgehead atoms. The number of nitrogen functional groups attached to an aromatic ring is 1. The number of ether oxygens (including phenoxy) is 1. The molecule has 108 valence electrons. The Morgan fingerprint density at radius 1 is 1.38 bits per heavy atom. The zero-order valence-corrected chi connectivity index (χ0v) is 12.6. The number of thiazole rings is 1. The van der Waals surface area contributed by atoms with Crippen LogP contribution in [0.5, 0.6) is 5.75 Å². The highest BCUT2D eigenvalue weighted by Crippen LogP contribution is 2.30. The Morgan fingerprint density at radius 2 is 2.24 bits per heavy atom. The number of anilines is 1. The minimum absolute atomic E-state index is 0.441. The standard InChI is InChI=1S/C13H11ClN4O2S/c1-19-10-4-7(14)2-3-9(10)12-17-11(20-18-12)5-8-6-21-13(15)16-8/h2-4,6H,5H2,1H3,(H2,15,16). The van der Waals surface area contributed by atoms with E-state index in [2.05, 4.69) is 15.1 Å². The van der Waals surface area contributed by atoms with Crippen LogP contribution in [0.3, 0.4) is 0 Å². The quantitative estimate of drug-likeness (QED) is 0.794. The molecule has 0 radical (unpaired) electrons. The van der Waals surface area contributed by atoms with Gasteiger partial charge in [0.15, 0.2) is 5.13 Å². The molecule has 0 unspecified atom stereocenters. The first-order chi connectivity index (χ1) is 10.2. The summed E-state index contributed by atoms with van der Waals surface area (Å²) in [5, 5.41) is 6.92. The predicted molar refractivity (Wildman–Crippen MR) is 80.6 cm³/mol. The Bertz CT molecular complexity index is 771. The summed E-state index contributed by atoms with van der Waals surface area (Å²) in [6.45, 7) is 0. The van der Waals surface area contributed by atoms with Crippen molar-refractivity contribution < 1.29 is 9.26 Å². The molecule has 8 heteroatoms. The fourth-order valence-electron chi connectivity index (χ4n) is 1.84. The first kappa shape index (κ1) is 13.8. The molecule has 0 aliphatic carbocycles. The van der Waals surface area contributed by atoms with Crippen molar-refractivity contribution in [2.75, 3.05) is 12.8 Å². The Labute approximate surface area is 129 Å². The first-order valence-corrected chi connectivity index (χ1v) is 7.28. The highest BCUT2D eigenvalue weighted by Gasteiger charge is 2.14. The lowest BCUT2D eigenvalue weighted by molar-refractivity contribution is 0.384. The lowest BCUT2D eigenvalue weighted by Gasteiger charge is -2.04. The average Bonchev–Trinajstić information content (AvgIpc) is 3.08. The Morgan fingerprint density at radius 3 is 2.95 bits per heavy atom. The molecule has 2 aromatic heterocycles. The molecule has 1 aromatic carbocycles. The van der Waals surface area contributed by atoms with Crippen LogP contribution < -0.4 is 10.5 Å². The molecule has 0 fully saturated rings. The van der Waals surface area contributed by atoms with Gasteiger partial charge in [-0.3, -0.25) is 0 Å². The molecule has 0 saturated carbocycles. The minimum Gasteiger partial charge on any atom is -0.496 e. The highest BCUT2D eigenvalue weighted by molar-refractivity contribution is 7.13. The summed E-state index contributed by atoms with van der Waals surface area (Å²) in [4.78, 5) is 8.51. The number of hydrogen-bond donors (Lipinski definition) is 1. The van der Waals surface area contributed by atoms with E-state index >= 15 is 0 Å². The van der Waals surface area contributed by atoms with Crippen LogP contribution in [-0.2, 0) is 6.42 Å². The smallest absolute Gasteiger partial charge is 0.233 e. The van der Waals surface area contributed by atoms with Gasteiger partial charge in [-0.15, -0.1) is 11.3 Å². The molecule has 21 heavy (non-hydrogen) atoms. The maximum atomic E-state index is 5.93. The minimum atomic E-state index is 0.441. The molecule has 0 saturated heterocycles. The van der Waals surface area contributed by atoms with E-state index in [-0.39, 0.29) is 0 Å².